The number of aromatic nitrogens is 3. The van der Waals surface area contributed by atoms with Crippen LogP contribution < -0.4 is 4.72 Å². The largest absolute Gasteiger partial charge is 0.360 e. The van der Waals surface area contributed by atoms with Gasteiger partial charge in [0.25, 0.3) is 10.0 Å². The van der Waals surface area contributed by atoms with Crippen molar-refractivity contribution in [3.63, 3.8) is 0 Å². The number of sulfonamides is 1. The van der Waals surface area contributed by atoms with E-state index in [1.54, 1.807) is 50.5 Å². The highest BCUT2D eigenvalue weighted by molar-refractivity contribution is 7.92. The van der Waals surface area contributed by atoms with Gasteiger partial charge in [0.05, 0.1) is 0 Å². The van der Waals surface area contributed by atoms with Gasteiger partial charge in [-0.25, -0.2) is 13.4 Å². The van der Waals surface area contributed by atoms with Crippen molar-refractivity contribution in [1.82, 2.24) is 15.1 Å². The van der Waals surface area contributed by atoms with Crippen LogP contribution in [0.3, 0.4) is 0 Å². The fraction of sp³-hybridized carbons (Fsp3) is 0.143. The molecule has 0 aliphatic rings. The Kier molecular flexibility index (Phi) is 3.45. The molecule has 1 aromatic carbocycles. The van der Waals surface area contributed by atoms with E-state index in [0.29, 0.717) is 11.4 Å². The first-order chi connectivity index (χ1) is 10.5. The Hall–Kier alpha value is -2.61. The van der Waals surface area contributed by atoms with E-state index < -0.39 is 10.0 Å². The first kappa shape index (κ1) is 14.3. The number of nitrogens with zero attached hydrogens (tertiary/aromatic N) is 2. The quantitative estimate of drug-likeness (QED) is 0.769. The molecule has 0 aliphatic carbocycles. The van der Waals surface area contributed by atoms with Crippen LogP contribution in [0, 0.1) is 13.8 Å². The van der Waals surface area contributed by atoms with Crippen molar-refractivity contribution in [2.45, 2.75) is 18.7 Å². The van der Waals surface area contributed by atoms with Crippen LogP contribution in [0.25, 0.3) is 11.4 Å². The van der Waals surface area contributed by atoms with Crippen LogP contribution in [-0.2, 0) is 10.0 Å². The third-order valence-electron chi connectivity index (χ3n) is 3.15. The van der Waals surface area contributed by atoms with E-state index in [4.69, 9.17) is 4.52 Å². The SMILES string of the molecule is Cc1noc(C)c1S(=O)(=O)Nc1ccc(-c2ncc[nH]2)cc1. The summed E-state index contributed by atoms with van der Waals surface area (Å²) < 4.78 is 32.2. The third-order valence-corrected chi connectivity index (χ3v) is 4.77. The van der Waals surface area contributed by atoms with Crippen LogP contribution in [0.5, 0.6) is 0 Å². The number of imidazole rings is 1. The summed E-state index contributed by atoms with van der Waals surface area (Å²) in [6, 6.07) is 6.91. The van der Waals surface area contributed by atoms with Crippen LogP contribution in [0.15, 0.2) is 46.1 Å². The molecule has 22 heavy (non-hydrogen) atoms. The maximum absolute atomic E-state index is 12.4. The van der Waals surface area contributed by atoms with Crippen LogP contribution >= 0.6 is 0 Å². The molecule has 0 saturated carbocycles. The van der Waals surface area contributed by atoms with Crippen LogP contribution in [0.1, 0.15) is 11.5 Å². The number of benzene rings is 1. The molecule has 0 amide bonds. The molecule has 7 nitrogen and oxygen atoms in total. The summed E-state index contributed by atoms with van der Waals surface area (Å²) in [5, 5.41) is 3.67. The van der Waals surface area contributed by atoms with Gasteiger partial charge in [-0.3, -0.25) is 4.72 Å². The predicted molar refractivity (Wildman–Crippen MR) is 80.8 cm³/mol. The van der Waals surface area contributed by atoms with Crippen molar-refractivity contribution in [2.24, 2.45) is 0 Å². The van der Waals surface area contributed by atoms with Crippen molar-refractivity contribution >= 4 is 15.7 Å². The molecule has 0 bridgehead atoms. The summed E-state index contributed by atoms with van der Waals surface area (Å²) in [6.45, 7) is 3.15. The van der Waals surface area contributed by atoms with E-state index in [1.165, 1.54) is 0 Å². The number of anilines is 1. The second kappa shape index (κ2) is 5.30. The zero-order valence-electron chi connectivity index (χ0n) is 12.0. The second-order valence-electron chi connectivity index (χ2n) is 4.77. The van der Waals surface area contributed by atoms with Gasteiger partial charge in [0.15, 0.2) is 10.7 Å². The number of aromatic amines is 1. The lowest BCUT2D eigenvalue weighted by molar-refractivity contribution is 0.390. The predicted octanol–water partition coefficient (Wildman–Crippen LogP) is 2.48. The standard InChI is InChI=1S/C14H14N4O3S/c1-9-13(10(2)21-17-9)22(19,20)18-12-5-3-11(4-6-12)14-15-7-8-16-14/h3-8,18H,1-2H3,(H,15,16). The number of aryl methyl sites for hydroxylation is 2. The second-order valence-corrected chi connectivity index (χ2v) is 6.39. The molecule has 0 atom stereocenters. The van der Waals surface area contributed by atoms with Crippen molar-refractivity contribution in [1.29, 1.82) is 0 Å². The Bertz CT molecular complexity index is 861. The summed E-state index contributed by atoms with van der Waals surface area (Å²) in [6.07, 6.45) is 3.38. The van der Waals surface area contributed by atoms with Gasteiger partial charge in [0.1, 0.15) is 11.5 Å². The van der Waals surface area contributed by atoms with Crippen molar-refractivity contribution in [3.05, 3.63) is 48.1 Å². The first-order valence-electron chi connectivity index (χ1n) is 6.53. The monoisotopic (exact) mass is 318 g/mol. The van der Waals surface area contributed by atoms with Gasteiger partial charge in [0, 0.05) is 23.6 Å². The topological polar surface area (TPSA) is 101 Å². The highest BCUT2D eigenvalue weighted by Crippen LogP contribution is 2.23. The van der Waals surface area contributed by atoms with Gasteiger partial charge in [-0.2, -0.15) is 0 Å². The van der Waals surface area contributed by atoms with Crippen LogP contribution in [0.2, 0.25) is 0 Å². The Morgan fingerprint density at radius 1 is 1.18 bits per heavy atom. The summed E-state index contributed by atoms with van der Waals surface area (Å²) in [5.74, 6) is 0.984. The molecule has 3 rings (SSSR count). The lowest BCUT2D eigenvalue weighted by Gasteiger charge is -2.08. The number of hydrogen-bond acceptors (Lipinski definition) is 5. The summed E-state index contributed by atoms with van der Waals surface area (Å²) >= 11 is 0. The number of H-pyrrole nitrogens is 1. The van der Waals surface area contributed by atoms with E-state index in [1.807, 2.05) is 0 Å². The molecule has 2 heterocycles. The Balaban J connectivity index is 1.87. The zero-order valence-corrected chi connectivity index (χ0v) is 12.8. The molecule has 2 aromatic heterocycles. The molecular weight excluding hydrogens is 304 g/mol. The molecule has 0 saturated heterocycles. The molecule has 2 N–H and O–H groups in total. The Labute approximate surface area is 127 Å². The lowest BCUT2D eigenvalue weighted by Crippen LogP contribution is -2.14. The summed E-state index contributed by atoms with van der Waals surface area (Å²) in [4.78, 5) is 7.20. The van der Waals surface area contributed by atoms with Gasteiger partial charge in [0.2, 0.25) is 0 Å². The first-order valence-corrected chi connectivity index (χ1v) is 8.01. The highest BCUT2D eigenvalue weighted by Gasteiger charge is 2.24. The third kappa shape index (κ3) is 2.60. The highest BCUT2D eigenvalue weighted by atomic mass is 32.2. The van der Waals surface area contributed by atoms with E-state index in [-0.39, 0.29) is 10.7 Å². The van der Waals surface area contributed by atoms with Gasteiger partial charge in [-0.15, -0.1) is 0 Å². The number of hydrogen-bond donors (Lipinski definition) is 2. The zero-order chi connectivity index (χ0) is 15.7. The van der Waals surface area contributed by atoms with E-state index in [0.717, 1.165) is 11.4 Å². The maximum atomic E-state index is 12.4. The molecule has 8 heteroatoms. The van der Waals surface area contributed by atoms with Crippen molar-refractivity contribution in [2.75, 3.05) is 4.72 Å². The molecule has 0 fully saturated rings. The average Bonchev–Trinajstić information content (AvgIpc) is 3.09. The summed E-state index contributed by atoms with van der Waals surface area (Å²) in [7, 11) is -3.73. The van der Waals surface area contributed by atoms with Crippen LogP contribution in [-0.4, -0.2) is 23.5 Å². The lowest BCUT2D eigenvalue weighted by atomic mass is 10.2. The normalized spacial score (nSPS) is 11.5. The molecule has 0 spiro atoms. The summed E-state index contributed by atoms with van der Waals surface area (Å²) in [5.41, 5.74) is 1.65. The van der Waals surface area contributed by atoms with Gasteiger partial charge < -0.3 is 9.51 Å². The smallest absolute Gasteiger partial charge is 0.267 e. The fourth-order valence-corrected chi connectivity index (χ4v) is 3.57. The minimum atomic E-state index is -3.73. The number of rotatable bonds is 4. The molecule has 3 aromatic rings. The molecule has 0 aliphatic heterocycles. The van der Waals surface area contributed by atoms with Gasteiger partial charge in [-0.05, 0) is 38.1 Å². The molecular formula is C14H14N4O3S. The fourth-order valence-electron chi connectivity index (χ4n) is 2.18. The minimum absolute atomic E-state index is 0.0719. The maximum Gasteiger partial charge on any atom is 0.267 e. The average molecular weight is 318 g/mol. The Morgan fingerprint density at radius 3 is 2.45 bits per heavy atom. The van der Waals surface area contributed by atoms with Gasteiger partial charge in [-0.1, -0.05) is 5.16 Å². The minimum Gasteiger partial charge on any atom is -0.360 e. The van der Waals surface area contributed by atoms with Crippen molar-refractivity contribution in [3.8, 4) is 11.4 Å². The van der Waals surface area contributed by atoms with Gasteiger partial charge >= 0.3 is 0 Å². The molecule has 0 unspecified atom stereocenters. The van der Waals surface area contributed by atoms with E-state index in [9.17, 15) is 8.42 Å². The van der Waals surface area contributed by atoms with E-state index in [2.05, 4.69) is 19.8 Å². The Morgan fingerprint density at radius 2 is 1.91 bits per heavy atom. The van der Waals surface area contributed by atoms with E-state index >= 15 is 0 Å². The molecule has 0 radical (unpaired) electrons. The van der Waals surface area contributed by atoms with Crippen molar-refractivity contribution < 1.29 is 12.9 Å². The molecule has 114 valence electrons. The van der Waals surface area contributed by atoms with Crippen LogP contribution in [0.4, 0.5) is 5.69 Å². The number of nitrogens with one attached hydrogen (secondary N) is 2.